The maximum atomic E-state index is 6.55. The lowest BCUT2D eigenvalue weighted by atomic mass is 9.72. The fourth-order valence-electron chi connectivity index (χ4n) is 3.69. The van der Waals surface area contributed by atoms with Crippen LogP contribution < -0.4 is 0 Å². The second kappa shape index (κ2) is 8.66. The number of rotatable bonds is 1. The highest BCUT2D eigenvalue weighted by molar-refractivity contribution is 7.49. The van der Waals surface area contributed by atoms with Crippen molar-refractivity contribution in [2.75, 3.05) is 19.8 Å². The lowest BCUT2D eigenvalue weighted by Gasteiger charge is -2.40. The first kappa shape index (κ1) is 22.4. The molecule has 2 aliphatic rings. The van der Waals surface area contributed by atoms with Crippen LogP contribution >= 0.6 is 8.30 Å². The van der Waals surface area contributed by atoms with Gasteiger partial charge in [-0.15, -0.1) is 0 Å². The molecule has 0 spiro atoms. The molecule has 1 unspecified atom stereocenters. The van der Waals surface area contributed by atoms with Gasteiger partial charge < -0.3 is 9.19 Å². The molecule has 152 valence electrons. The first-order valence-corrected chi connectivity index (χ1v) is 11.9. The van der Waals surface area contributed by atoms with Crippen molar-refractivity contribution in [1.82, 2.24) is 4.67 Å². The van der Waals surface area contributed by atoms with E-state index >= 15 is 0 Å². The average Bonchev–Trinajstić information content (AvgIpc) is 2.53. The summed E-state index contributed by atoms with van der Waals surface area (Å²) >= 11 is 0. The lowest BCUT2D eigenvalue weighted by molar-refractivity contribution is 0.144. The van der Waals surface area contributed by atoms with E-state index in [4.69, 9.17) is 4.52 Å². The van der Waals surface area contributed by atoms with E-state index in [1.165, 1.54) is 22.4 Å². The summed E-state index contributed by atoms with van der Waals surface area (Å²) in [7, 11) is -0.668. The van der Waals surface area contributed by atoms with Crippen molar-refractivity contribution in [3.8, 4) is 0 Å². The van der Waals surface area contributed by atoms with Gasteiger partial charge in [0.25, 0.3) is 0 Å². The van der Waals surface area contributed by atoms with E-state index in [0.29, 0.717) is 5.92 Å². The predicted octanol–water partition coefficient (Wildman–Crippen LogP) is 7.47. The molecule has 2 rings (SSSR count). The molecule has 0 saturated carbocycles. The van der Waals surface area contributed by atoms with Crippen LogP contribution in [0.15, 0.2) is 47.2 Å². The highest BCUT2D eigenvalue weighted by Gasteiger charge is 2.32. The van der Waals surface area contributed by atoms with Gasteiger partial charge in [0.2, 0.25) is 0 Å². The molecule has 0 aromatic rings. The van der Waals surface area contributed by atoms with Crippen molar-refractivity contribution in [3.05, 3.63) is 47.2 Å². The second-order valence-electron chi connectivity index (χ2n) is 10.2. The van der Waals surface area contributed by atoms with Gasteiger partial charge >= 0.3 is 0 Å². The van der Waals surface area contributed by atoms with Crippen molar-refractivity contribution in [2.24, 2.45) is 16.7 Å². The fourth-order valence-corrected chi connectivity index (χ4v) is 5.20. The molecule has 27 heavy (non-hydrogen) atoms. The van der Waals surface area contributed by atoms with Gasteiger partial charge in [-0.25, -0.2) is 0 Å². The molecule has 0 aromatic carbocycles. The van der Waals surface area contributed by atoms with Crippen molar-refractivity contribution in [2.45, 2.75) is 67.7 Å². The molecule has 2 nitrogen and oxygen atoms in total. The van der Waals surface area contributed by atoms with E-state index in [1.54, 1.807) is 0 Å². The Bertz CT molecular complexity index is 642. The molecule has 0 saturated heterocycles. The van der Waals surface area contributed by atoms with Gasteiger partial charge in [0, 0.05) is 12.2 Å². The first-order valence-electron chi connectivity index (χ1n) is 10.3. The standard InChI is InChI=1S/C24H40NOP/c1-18-14-20(23(3,4)5)15-21(24(6,7)8)17-26-27(9)25(16-18)22-13-11-10-12-19(22)2/h10,12,14,21H,1,11,13,15-17H2,2-9H3/b20-14+/t21-,27?/m1/s1. The third-order valence-corrected chi connectivity index (χ3v) is 7.46. The Morgan fingerprint density at radius 3 is 2.41 bits per heavy atom. The smallest absolute Gasteiger partial charge is 0.129 e. The van der Waals surface area contributed by atoms with Gasteiger partial charge in [0.1, 0.15) is 8.30 Å². The van der Waals surface area contributed by atoms with Crippen LogP contribution in [0.4, 0.5) is 0 Å². The summed E-state index contributed by atoms with van der Waals surface area (Å²) < 4.78 is 9.04. The van der Waals surface area contributed by atoms with Crippen LogP contribution in [0.25, 0.3) is 0 Å². The molecule has 0 N–H and O–H groups in total. The summed E-state index contributed by atoms with van der Waals surface area (Å²) in [6.45, 7) is 24.6. The van der Waals surface area contributed by atoms with Crippen LogP contribution in [-0.2, 0) is 4.52 Å². The Balaban J connectivity index is 2.43. The minimum Gasteiger partial charge on any atom is -0.339 e. The highest BCUT2D eigenvalue weighted by Crippen LogP contribution is 2.47. The Hall–Kier alpha value is -0.850. The summed E-state index contributed by atoms with van der Waals surface area (Å²) in [5.41, 5.74) is 5.86. The fraction of sp³-hybridized carbons (Fsp3) is 0.667. The zero-order valence-electron chi connectivity index (χ0n) is 18.9. The van der Waals surface area contributed by atoms with Crippen molar-refractivity contribution < 1.29 is 4.52 Å². The lowest BCUT2D eigenvalue weighted by Crippen LogP contribution is -2.30. The summed E-state index contributed by atoms with van der Waals surface area (Å²) in [5.74, 6) is 0.502. The molecule has 0 aromatic heterocycles. The number of hydrogen-bond acceptors (Lipinski definition) is 2. The van der Waals surface area contributed by atoms with Crippen molar-refractivity contribution >= 4 is 8.30 Å². The molecule has 1 aliphatic heterocycles. The van der Waals surface area contributed by atoms with Crippen molar-refractivity contribution in [1.29, 1.82) is 0 Å². The predicted molar refractivity (Wildman–Crippen MR) is 121 cm³/mol. The molecule has 0 radical (unpaired) electrons. The average molecular weight is 390 g/mol. The normalized spacial score (nSPS) is 28.2. The molecular formula is C24H40NOP. The topological polar surface area (TPSA) is 12.5 Å². The maximum Gasteiger partial charge on any atom is 0.129 e. The molecule has 3 heteroatoms. The second-order valence-corrected chi connectivity index (χ2v) is 11.9. The number of allylic oxidation sites excluding steroid dienone is 5. The van der Waals surface area contributed by atoms with Crippen LogP contribution in [0.1, 0.15) is 67.7 Å². The van der Waals surface area contributed by atoms with Crippen LogP contribution in [-0.4, -0.2) is 24.5 Å². The maximum absolute atomic E-state index is 6.55. The minimum atomic E-state index is -0.668. The van der Waals surface area contributed by atoms with E-state index in [1.807, 2.05) is 0 Å². The number of nitrogens with zero attached hydrogens (tertiary/aromatic N) is 1. The van der Waals surface area contributed by atoms with Crippen LogP contribution in [0.2, 0.25) is 0 Å². The van der Waals surface area contributed by atoms with E-state index in [2.05, 4.69) is 84.6 Å². The Morgan fingerprint density at radius 2 is 1.85 bits per heavy atom. The first-order chi connectivity index (χ1) is 12.4. The third kappa shape index (κ3) is 6.06. The highest BCUT2D eigenvalue weighted by atomic mass is 31.2. The Kier molecular flexibility index (Phi) is 7.20. The minimum absolute atomic E-state index is 0.149. The molecule has 2 atom stereocenters. The van der Waals surface area contributed by atoms with Gasteiger partial charge in [0.15, 0.2) is 0 Å². The molecule has 0 bridgehead atoms. The summed E-state index contributed by atoms with van der Waals surface area (Å²) in [6, 6.07) is 0. The SMILES string of the molecule is C=C1/C=C(/C(C)(C)C)C[C@@H](C(C)(C)C)COP(C)N(C2=C(C)C=CCC2)C1. The van der Waals surface area contributed by atoms with Crippen LogP contribution in [0.3, 0.4) is 0 Å². The van der Waals surface area contributed by atoms with Crippen molar-refractivity contribution in [3.63, 3.8) is 0 Å². The van der Waals surface area contributed by atoms with Crippen LogP contribution in [0, 0.1) is 16.7 Å². The Labute approximate surface area is 169 Å². The zero-order chi connectivity index (χ0) is 20.4. The Morgan fingerprint density at radius 1 is 1.19 bits per heavy atom. The van der Waals surface area contributed by atoms with E-state index in [-0.39, 0.29) is 10.8 Å². The number of hydrogen-bond donors (Lipinski definition) is 0. The van der Waals surface area contributed by atoms with Gasteiger partial charge in [-0.3, -0.25) is 0 Å². The summed E-state index contributed by atoms with van der Waals surface area (Å²) in [4.78, 5) is 0. The largest absolute Gasteiger partial charge is 0.339 e. The summed E-state index contributed by atoms with van der Waals surface area (Å²) in [6.07, 6.45) is 10.2. The monoisotopic (exact) mass is 389 g/mol. The molecule has 1 heterocycles. The van der Waals surface area contributed by atoms with E-state index in [9.17, 15) is 0 Å². The summed E-state index contributed by atoms with van der Waals surface area (Å²) in [5, 5.41) is 0. The zero-order valence-corrected chi connectivity index (χ0v) is 19.7. The molecule has 1 aliphatic carbocycles. The quantitative estimate of drug-likeness (QED) is 0.431. The molecule has 0 amide bonds. The van der Waals surface area contributed by atoms with Gasteiger partial charge in [-0.05, 0) is 60.7 Å². The van der Waals surface area contributed by atoms with Gasteiger partial charge in [0.05, 0.1) is 6.61 Å². The van der Waals surface area contributed by atoms with Gasteiger partial charge in [-0.2, -0.15) is 0 Å². The van der Waals surface area contributed by atoms with E-state index in [0.717, 1.165) is 32.4 Å². The van der Waals surface area contributed by atoms with Gasteiger partial charge in [-0.1, -0.05) is 71.9 Å². The molecule has 0 fully saturated rings. The molecular weight excluding hydrogens is 349 g/mol. The third-order valence-electron chi connectivity index (χ3n) is 5.87. The van der Waals surface area contributed by atoms with E-state index < -0.39 is 8.30 Å². The van der Waals surface area contributed by atoms with Crippen LogP contribution in [0.5, 0.6) is 0 Å².